The zero-order chi connectivity index (χ0) is 14.6. The van der Waals surface area contributed by atoms with Gasteiger partial charge < -0.3 is 10.0 Å². The van der Waals surface area contributed by atoms with E-state index in [1.807, 2.05) is 18.0 Å². The number of likely N-dealkylation sites (N-methyl/N-ethyl adjacent to an activating group) is 2. The first-order valence-corrected chi connectivity index (χ1v) is 7.39. The van der Waals surface area contributed by atoms with Crippen LogP contribution < -0.4 is 0 Å². The fourth-order valence-corrected chi connectivity index (χ4v) is 3.08. The molecular weight excluding hydrogens is 255 g/mol. The molecule has 0 aliphatic carbocycles. The number of rotatable bonds is 5. The van der Waals surface area contributed by atoms with Crippen molar-refractivity contribution in [2.45, 2.75) is 31.9 Å². The molecule has 4 heteroatoms. The predicted molar refractivity (Wildman–Crippen MR) is 79.0 cm³/mol. The number of likely N-dealkylation sites (tertiary alicyclic amines) is 1. The van der Waals surface area contributed by atoms with Gasteiger partial charge in [0, 0.05) is 25.2 Å². The Morgan fingerprint density at radius 2 is 2.15 bits per heavy atom. The number of benzene rings is 1. The summed E-state index contributed by atoms with van der Waals surface area (Å²) >= 11 is 0. The van der Waals surface area contributed by atoms with Crippen molar-refractivity contribution in [2.75, 3.05) is 33.2 Å². The minimum Gasteiger partial charge on any atom is -0.387 e. The van der Waals surface area contributed by atoms with E-state index in [9.17, 15) is 9.50 Å². The van der Waals surface area contributed by atoms with Gasteiger partial charge in [-0.25, -0.2) is 4.39 Å². The second-order valence-corrected chi connectivity index (χ2v) is 5.96. The second-order valence-electron chi connectivity index (χ2n) is 5.96. The van der Waals surface area contributed by atoms with Gasteiger partial charge in [0.15, 0.2) is 0 Å². The summed E-state index contributed by atoms with van der Waals surface area (Å²) in [6.07, 6.45) is 1.85. The van der Waals surface area contributed by atoms with Crippen molar-refractivity contribution in [3.63, 3.8) is 0 Å². The SMILES string of the molecule is CCN1CCC[C@@](O)(CN(C)Cc2ccccc2F)C1. The van der Waals surface area contributed by atoms with Crippen LogP contribution in [0.4, 0.5) is 4.39 Å². The number of aliphatic hydroxyl groups is 1. The maximum atomic E-state index is 13.6. The van der Waals surface area contributed by atoms with Gasteiger partial charge in [-0.1, -0.05) is 25.1 Å². The molecular formula is C16H25FN2O. The highest BCUT2D eigenvalue weighted by Gasteiger charge is 2.33. The molecule has 20 heavy (non-hydrogen) atoms. The Morgan fingerprint density at radius 3 is 2.85 bits per heavy atom. The average molecular weight is 280 g/mol. The maximum Gasteiger partial charge on any atom is 0.127 e. The summed E-state index contributed by atoms with van der Waals surface area (Å²) in [6.45, 7) is 5.98. The summed E-state index contributed by atoms with van der Waals surface area (Å²) in [5, 5.41) is 10.7. The Labute approximate surface area is 121 Å². The van der Waals surface area contributed by atoms with Crippen molar-refractivity contribution >= 4 is 0 Å². The number of β-amino-alcohol motifs (C(OH)–C–C–N with tert-alkyl or cyclic N) is 1. The lowest BCUT2D eigenvalue weighted by Crippen LogP contribution is -2.53. The molecule has 1 aromatic carbocycles. The lowest BCUT2D eigenvalue weighted by atomic mass is 9.92. The van der Waals surface area contributed by atoms with Crippen molar-refractivity contribution in [1.29, 1.82) is 0 Å². The first-order valence-electron chi connectivity index (χ1n) is 7.39. The molecule has 0 unspecified atom stereocenters. The number of nitrogens with zero attached hydrogens (tertiary/aromatic N) is 2. The van der Waals surface area contributed by atoms with Crippen molar-refractivity contribution < 1.29 is 9.50 Å². The smallest absolute Gasteiger partial charge is 0.127 e. The molecule has 0 spiro atoms. The first kappa shape index (κ1) is 15.4. The average Bonchev–Trinajstić information content (AvgIpc) is 2.40. The van der Waals surface area contributed by atoms with E-state index in [1.54, 1.807) is 12.1 Å². The molecule has 1 atom stereocenters. The largest absolute Gasteiger partial charge is 0.387 e. The van der Waals surface area contributed by atoms with Gasteiger partial charge in [0.1, 0.15) is 5.82 Å². The Hall–Kier alpha value is -0.970. The standard InChI is InChI=1S/C16H25FN2O/c1-3-19-10-6-9-16(20,13-19)12-18(2)11-14-7-4-5-8-15(14)17/h4-5,7-8,20H,3,6,9-13H2,1-2H3/t16-/m1/s1. The van der Waals surface area contributed by atoms with Gasteiger partial charge in [-0.2, -0.15) is 0 Å². The molecule has 0 saturated carbocycles. The van der Waals surface area contributed by atoms with E-state index in [0.29, 0.717) is 25.2 Å². The van der Waals surface area contributed by atoms with Gasteiger partial charge in [-0.05, 0) is 39.0 Å². The molecule has 1 fully saturated rings. The van der Waals surface area contributed by atoms with E-state index < -0.39 is 5.60 Å². The summed E-state index contributed by atoms with van der Waals surface area (Å²) in [4.78, 5) is 4.29. The van der Waals surface area contributed by atoms with E-state index in [2.05, 4.69) is 11.8 Å². The summed E-state index contributed by atoms with van der Waals surface area (Å²) in [7, 11) is 1.94. The summed E-state index contributed by atoms with van der Waals surface area (Å²) in [5.74, 6) is -0.176. The van der Waals surface area contributed by atoms with Crippen molar-refractivity contribution in [3.05, 3.63) is 35.6 Å². The molecule has 1 aliphatic heterocycles. The third kappa shape index (κ3) is 4.01. The Kier molecular flexibility index (Phi) is 5.13. The van der Waals surface area contributed by atoms with Crippen molar-refractivity contribution in [3.8, 4) is 0 Å². The van der Waals surface area contributed by atoms with Gasteiger partial charge in [0.25, 0.3) is 0 Å². The summed E-state index contributed by atoms with van der Waals surface area (Å²) in [6, 6.07) is 6.83. The van der Waals surface area contributed by atoms with Gasteiger partial charge in [0.05, 0.1) is 5.60 Å². The third-order valence-electron chi connectivity index (χ3n) is 4.04. The number of hydrogen-bond acceptors (Lipinski definition) is 3. The Bertz CT molecular complexity index is 440. The van der Waals surface area contributed by atoms with Crippen LogP contribution in [-0.4, -0.2) is 53.7 Å². The molecule has 112 valence electrons. The predicted octanol–water partition coefficient (Wildman–Crippen LogP) is 2.10. The van der Waals surface area contributed by atoms with Crippen LogP contribution in [0.3, 0.4) is 0 Å². The highest BCUT2D eigenvalue weighted by atomic mass is 19.1. The molecule has 0 bridgehead atoms. The fourth-order valence-electron chi connectivity index (χ4n) is 3.08. The maximum absolute atomic E-state index is 13.6. The van der Waals surface area contributed by atoms with Gasteiger partial charge >= 0.3 is 0 Å². The minimum absolute atomic E-state index is 0.176. The number of piperidine rings is 1. The van der Waals surface area contributed by atoms with Crippen LogP contribution >= 0.6 is 0 Å². The minimum atomic E-state index is -0.672. The zero-order valence-corrected chi connectivity index (χ0v) is 12.5. The van der Waals surface area contributed by atoms with E-state index >= 15 is 0 Å². The Balaban J connectivity index is 1.93. The van der Waals surface area contributed by atoms with Crippen LogP contribution in [0.25, 0.3) is 0 Å². The van der Waals surface area contributed by atoms with Crippen LogP contribution in [-0.2, 0) is 6.54 Å². The molecule has 0 aromatic heterocycles. The summed E-state index contributed by atoms with van der Waals surface area (Å²) < 4.78 is 13.6. The molecule has 0 radical (unpaired) electrons. The third-order valence-corrected chi connectivity index (χ3v) is 4.04. The lowest BCUT2D eigenvalue weighted by Gasteiger charge is -2.40. The highest BCUT2D eigenvalue weighted by Crippen LogP contribution is 2.22. The number of halogens is 1. The Morgan fingerprint density at radius 1 is 1.40 bits per heavy atom. The molecule has 1 aliphatic rings. The molecule has 2 rings (SSSR count). The molecule has 1 saturated heterocycles. The molecule has 1 N–H and O–H groups in total. The van der Waals surface area contributed by atoms with Crippen molar-refractivity contribution in [1.82, 2.24) is 9.80 Å². The van der Waals surface area contributed by atoms with E-state index in [4.69, 9.17) is 0 Å². The van der Waals surface area contributed by atoms with E-state index in [-0.39, 0.29) is 5.82 Å². The highest BCUT2D eigenvalue weighted by molar-refractivity contribution is 5.17. The molecule has 1 aromatic rings. The fraction of sp³-hybridized carbons (Fsp3) is 0.625. The van der Waals surface area contributed by atoms with Crippen molar-refractivity contribution in [2.24, 2.45) is 0 Å². The topological polar surface area (TPSA) is 26.7 Å². The molecule has 3 nitrogen and oxygen atoms in total. The number of hydrogen-bond donors (Lipinski definition) is 1. The monoisotopic (exact) mass is 280 g/mol. The lowest BCUT2D eigenvalue weighted by molar-refractivity contribution is -0.0493. The normalized spacial score (nSPS) is 24.2. The first-order chi connectivity index (χ1) is 9.52. The second kappa shape index (κ2) is 6.66. The van der Waals surface area contributed by atoms with Crippen LogP contribution in [0.15, 0.2) is 24.3 Å². The molecule has 0 amide bonds. The van der Waals surface area contributed by atoms with Crippen LogP contribution in [0.1, 0.15) is 25.3 Å². The van der Waals surface area contributed by atoms with Crippen LogP contribution in [0.2, 0.25) is 0 Å². The van der Waals surface area contributed by atoms with E-state index in [1.165, 1.54) is 6.07 Å². The van der Waals surface area contributed by atoms with Crippen LogP contribution in [0.5, 0.6) is 0 Å². The van der Waals surface area contributed by atoms with Gasteiger partial charge in [-0.15, -0.1) is 0 Å². The summed E-state index contributed by atoms with van der Waals surface area (Å²) in [5.41, 5.74) is 0.00983. The van der Waals surface area contributed by atoms with Crippen LogP contribution in [0, 0.1) is 5.82 Å². The van der Waals surface area contributed by atoms with Gasteiger partial charge in [0.2, 0.25) is 0 Å². The molecule has 1 heterocycles. The quantitative estimate of drug-likeness (QED) is 0.895. The zero-order valence-electron chi connectivity index (χ0n) is 12.5. The van der Waals surface area contributed by atoms with E-state index in [0.717, 1.165) is 25.9 Å². The van der Waals surface area contributed by atoms with Gasteiger partial charge in [-0.3, -0.25) is 4.90 Å².